The minimum atomic E-state index is 0.0279. The van der Waals surface area contributed by atoms with Crippen LogP contribution in [0, 0.1) is 5.92 Å². The Morgan fingerprint density at radius 2 is 1.85 bits per heavy atom. The number of likely N-dealkylation sites (tertiary alicyclic amines) is 1. The van der Waals surface area contributed by atoms with Crippen molar-refractivity contribution in [1.29, 1.82) is 0 Å². The Kier molecular flexibility index (Phi) is 4.81. The number of amides is 2. The van der Waals surface area contributed by atoms with Crippen LogP contribution in [0.4, 0.5) is 0 Å². The van der Waals surface area contributed by atoms with Gasteiger partial charge in [-0.15, -0.1) is 11.3 Å². The van der Waals surface area contributed by atoms with E-state index in [0.29, 0.717) is 13.1 Å². The minimum absolute atomic E-state index is 0.0279. The number of hydrogen-bond donors (Lipinski definition) is 0. The van der Waals surface area contributed by atoms with E-state index in [1.54, 1.807) is 0 Å². The van der Waals surface area contributed by atoms with Gasteiger partial charge < -0.3 is 9.80 Å². The molecule has 2 heterocycles. The first-order valence-corrected chi connectivity index (χ1v) is 10.2. The Bertz CT molecular complexity index is 794. The highest BCUT2D eigenvalue weighted by molar-refractivity contribution is 7.12. The van der Waals surface area contributed by atoms with Gasteiger partial charge in [0, 0.05) is 26.1 Å². The monoisotopic (exact) mass is 368 g/mol. The first-order chi connectivity index (χ1) is 12.6. The Hall–Kier alpha value is -2.14. The predicted molar refractivity (Wildman–Crippen MR) is 103 cm³/mol. The molecule has 1 aromatic heterocycles. The maximum Gasteiger partial charge on any atom is 0.263 e. The molecular formula is C21H24N2O2S. The molecule has 1 atom stereocenters. The van der Waals surface area contributed by atoms with Crippen LogP contribution in [0.15, 0.2) is 41.8 Å². The molecule has 1 unspecified atom stereocenters. The SMILES string of the molecule is CN(C(=O)C1CCN(C(=O)c2cccs2)CC1)C1CCc2ccccc21. The smallest absolute Gasteiger partial charge is 0.263 e. The number of piperidine rings is 1. The summed E-state index contributed by atoms with van der Waals surface area (Å²) < 4.78 is 0. The van der Waals surface area contributed by atoms with E-state index in [1.165, 1.54) is 22.5 Å². The predicted octanol–water partition coefficient (Wildman–Crippen LogP) is 3.75. The summed E-state index contributed by atoms with van der Waals surface area (Å²) in [4.78, 5) is 30.1. The van der Waals surface area contributed by atoms with Gasteiger partial charge in [0.15, 0.2) is 0 Å². The van der Waals surface area contributed by atoms with Gasteiger partial charge in [0.05, 0.1) is 10.9 Å². The van der Waals surface area contributed by atoms with Crippen LogP contribution in [0.5, 0.6) is 0 Å². The van der Waals surface area contributed by atoms with Crippen LogP contribution < -0.4 is 0 Å². The van der Waals surface area contributed by atoms with Gasteiger partial charge in [-0.1, -0.05) is 30.3 Å². The topological polar surface area (TPSA) is 40.6 Å². The summed E-state index contributed by atoms with van der Waals surface area (Å²) in [6, 6.07) is 12.4. The maximum absolute atomic E-state index is 13.0. The highest BCUT2D eigenvalue weighted by atomic mass is 32.1. The molecule has 1 fully saturated rings. The van der Waals surface area contributed by atoms with E-state index in [1.807, 2.05) is 34.4 Å². The molecule has 5 heteroatoms. The van der Waals surface area contributed by atoms with Gasteiger partial charge in [-0.3, -0.25) is 9.59 Å². The van der Waals surface area contributed by atoms with Crippen LogP contribution in [0.3, 0.4) is 0 Å². The van der Waals surface area contributed by atoms with E-state index in [-0.39, 0.29) is 23.8 Å². The number of hydrogen-bond acceptors (Lipinski definition) is 3. The third kappa shape index (κ3) is 3.16. The van der Waals surface area contributed by atoms with E-state index in [0.717, 1.165) is 30.6 Å². The van der Waals surface area contributed by atoms with Gasteiger partial charge in [-0.25, -0.2) is 0 Å². The van der Waals surface area contributed by atoms with Crippen LogP contribution >= 0.6 is 11.3 Å². The Labute approximate surface area is 158 Å². The molecule has 1 saturated heterocycles. The molecule has 2 amide bonds. The molecule has 1 aliphatic carbocycles. The van der Waals surface area contributed by atoms with Crippen molar-refractivity contribution in [2.75, 3.05) is 20.1 Å². The van der Waals surface area contributed by atoms with Crippen LogP contribution in [-0.2, 0) is 11.2 Å². The largest absolute Gasteiger partial charge is 0.338 e. The normalized spacial score (nSPS) is 20.0. The summed E-state index contributed by atoms with van der Waals surface area (Å²) in [6.07, 6.45) is 3.58. The zero-order chi connectivity index (χ0) is 18.1. The molecule has 0 N–H and O–H groups in total. The zero-order valence-corrected chi connectivity index (χ0v) is 15.9. The summed E-state index contributed by atoms with van der Waals surface area (Å²) in [5.74, 6) is 0.360. The first kappa shape index (κ1) is 17.3. The number of rotatable bonds is 3. The molecule has 136 valence electrons. The van der Waals surface area contributed by atoms with E-state index in [9.17, 15) is 9.59 Å². The number of aryl methyl sites for hydroxylation is 1. The maximum atomic E-state index is 13.0. The van der Waals surface area contributed by atoms with Crippen molar-refractivity contribution in [2.45, 2.75) is 31.7 Å². The number of nitrogens with zero attached hydrogens (tertiary/aromatic N) is 2. The van der Waals surface area contributed by atoms with E-state index in [2.05, 4.69) is 24.3 Å². The van der Waals surface area contributed by atoms with Crippen molar-refractivity contribution < 1.29 is 9.59 Å². The summed E-state index contributed by atoms with van der Waals surface area (Å²) >= 11 is 1.48. The second-order valence-electron chi connectivity index (χ2n) is 7.25. The summed E-state index contributed by atoms with van der Waals surface area (Å²) in [6.45, 7) is 1.34. The first-order valence-electron chi connectivity index (χ1n) is 9.32. The Morgan fingerprint density at radius 1 is 1.08 bits per heavy atom. The lowest BCUT2D eigenvalue weighted by molar-refractivity contribution is -0.137. The number of carbonyl (C=O) groups is 2. The van der Waals surface area contributed by atoms with Crippen molar-refractivity contribution in [3.63, 3.8) is 0 Å². The number of fused-ring (bicyclic) bond motifs is 1. The Balaban J connectivity index is 1.37. The average Bonchev–Trinajstić information content (AvgIpc) is 3.36. The van der Waals surface area contributed by atoms with E-state index < -0.39 is 0 Å². The number of thiophene rings is 1. The standard InChI is InChI=1S/C21H24N2O2S/c1-22(18-9-8-15-5-2-3-6-17(15)18)20(24)16-10-12-23(13-11-16)21(25)19-7-4-14-26-19/h2-7,14,16,18H,8-13H2,1H3. The molecule has 0 saturated carbocycles. The fourth-order valence-electron chi connectivity index (χ4n) is 4.26. The molecule has 1 aromatic carbocycles. The zero-order valence-electron chi connectivity index (χ0n) is 15.1. The van der Waals surface area contributed by atoms with Gasteiger partial charge in [-0.2, -0.15) is 0 Å². The van der Waals surface area contributed by atoms with Gasteiger partial charge in [0.1, 0.15) is 0 Å². The minimum Gasteiger partial charge on any atom is -0.338 e. The molecule has 4 rings (SSSR count). The van der Waals surface area contributed by atoms with Crippen molar-refractivity contribution in [2.24, 2.45) is 5.92 Å². The molecule has 0 bridgehead atoms. The van der Waals surface area contributed by atoms with Crippen molar-refractivity contribution in [3.05, 3.63) is 57.8 Å². The van der Waals surface area contributed by atoms with Crippen LogP contribution in [0.1, 0.15) is 46.1 Å². The van der Waals surface area contributed by atoms with Gasteiger partial charge in [0.25, 0.3) is 5.91 Å². The van der Waals surface area contributed by atoms with Crippen LogP contribution in [-0.4, -0.2) is 41.8 Å². The number of carbonyl (C=O) groups excluding carboxylic acids is 2. The Morgan fingerprint density at radius 3 is 2.58 bits per heavy atom. The number of benzene rings is 1. The van der Waals surface area contributed by atoms with Crippen molar-refractivity contribution in [1.82, 2.24) is 9.80 Å². The van der Waals surface area contributed by atoms with E-state index >= 15 is 0 Å². The molecule has 0 radical (unpaired) electrons. The second-order valence-corrected chi connectivity index (χ2v) is 8.19. The third-order valence-electron chi connectivity index (χ3n) is 5.78. The fraction of sp³-hybridized carbons (Fsp3) is 0.429. The molecule has 2 aliphatic rings. The molecule has 2 aromatic rings. The highest BCUT2D eigenvalue weighted by Crippen LogP contribution is 2.36. The lowest BCUT2D eigenvalue weighted by atomic mass is 9.94. The van der Waals surface area contributed by atoms with Gasteiger partial charge in [-0.05, 0) is 48.3 Å². The molecule has 4 nitrogen and oxygen atoms in total. The van der Waals surface area contributed by atoms with Crippen LogP contribution in [0.2, 0.25) is 0 Å². The third-order valence-corrected chi connectivity index (χ3v) is 6.64. The lowest BCUT2D eigenvalue weighted by Gasteiger charge is -2.35. The highest BCUT2D eigenvalue weighted by Gasteiger charge is 2.34. The quantitative estimate of drug-likeness (QED) is 0.828. The van der Waals surface area contributed by atoms with Gasteiger partial charge >= 0.3 is 0 Å². The summed E-state index contributed by atoms with van der Waals surface area (Å²) in [7, 11) is 1.94. The molecular weight excluding hydrogens is 344 g/mol. The second kappa shape index (κ2) is 7.23. The molecule has 0 spiro atoms. The van der Waals surface area contributed by atoms with Gasteiger partial charge in [0.2, 0.25) is 5.91 Å². The summed E-state index contributed by atoms with van der Waals surface area (Å²) in [5, 5.41) is 1.93. The fourth-order valence-corrected chi connectivity index (χ4v) is 4.95. The molecule has 26 heavy (non-hydrogen) atoms. The molecule has 1 aliphatic heterocycles. The van der Waals surface area contributed by atoms with Crippen molar-refractivity contribution in [3.8, 4) is 0 Å². The lowest BCUT2D eigenvalue weighted by Crippen LogP contribution is -2.44. The summed E-state index contributed by atoms with van der Waals surface area (Å²) in [5.41, 5.74) is 2.67. The van der Waals surface area contributed by atoms with Crippen molar-refractivity contribution >= 4 is 23.2 Å². The van der Waals surface area contributed by atoms with Crippen LogP contribution in [0.25, 0.3) is 0 Å². The average molecular weight is 369 g/mol. The van der Waals surface area contributed by atoms with E-state index in [4.69, 9.17) is 0 Å².